The van der Waals surface area contributed by atoms with Gasteiger partial charge >= 0.3 is 0 Å². The summed E-state index contributed by atoms with van der Waals surface area (Å²) in [5.74, 6) is -0.126. The third-order valence-electron chi connectivity index (χ3n) is 2.78. The predicted molar refractivity (Wildman–Crippen MR) is 74.3 cm³/mol. The maximum atomic E-state index is 11.8. The second kappa shape index (κ2) is 8.23. The average Bonchev–Trinajstić information content (AvgIpc) is 2.43. The topological polar surface area (TPSA) is 84.7 Å². The normalized spacial score (nSPS) is 10.3. The van der Waals surface area contributed by atoms with E-state index in [4.69, 9.17) is 4.74 Å². The summed E-state index contributed by atoms with van der Waals surface area (Å²) >= 11 is 0. The van der Waals surface area contributed by atoms with Crippen molar-refractivity contribution < 1.29 is 14.5 Å². The molecule has 20 heavy (non-hydrogen) atoms. The van der Waals surface area contributed by atoms with Crippen molar-refractivity contribution in [2.24, 2.45) is 0 Å². The maximum Gasteiger partial charge on any atom is 0.274 e. The van der Waals surface area contributed by atoms with Crippen molar-refractivity contribution in [2.45, 2.75) is 6.54 Å². The van der Waals surface area contributed by atoms with Gasteiger partial charge in [0.2, 0.25) is 5.91 Å². The summed E-state index contributed by atoms with van der Waals surface area (Å²) in [5, 5.41) is 13.8. The molecule has 1 aromatic carbocycles. The first kappa shape index (κ1) is 16.1. The Morgan fingerprint density at radius 2 is 2.15 bits per heavy atom. The fourth-order valence-electron chi connectivity index (χ4n) is 1.67. The highest BCUT2D eigenvalue weighted by Gasteiger charge is 2.16. The quantitative estimate of drug-likeness (QED) is 0.432. The maximum absolute atomic E-state index is 11.8. The average molecular weight is 281 g/mol. The third kappa shape index (κ3) is 4.94. The van der Waals surface area contributed by atoms with Crippen molar-refractivity contribution in [3.8, 4) is 0 Å². The summed E-state index contributed by atoms with van der Waals surface area (Å²) in [6.07, 6.45) is 0. The molecule has 0 aliphatic heterocycles. The fraction of sp³-hybridized carbons (Fsp3) is 0.462. The van der Waals surface area contributed by atoms with E-state index in [0.717, 1.165) is 0 Å². The molecule has 0 aromatic heterocycles. The van der Waals surface area contributed by atoms with Crippen molar-refractivity contribution in [3.05, 3.63) is 39.9 Å². The highest BCUT2D eigenvalue weighted by Crippen LogP contribution is 2.18. The first-order valence-electron chi connectivity index (χ1n) is 6.22. The summed E-state index contributed by atoms with van der Waals surface area (Å²) in [5.41, 5.74) is 0.546. The number of rotatable bonds is 8. The summed E-state index contributed by atoms with van der Waals surface area (Å²) in [7, 11) is 3.21. The van der Waals surface area contributed by atoms with E-state index in [-0.39, 0.29) is 24.7 Å². The van der Waals surface area contributed by atoms with Crippen LogP contribution in [0.5, 0.6) is 0 Å². The molecular weight excluding hydrogens is 262 g/mol. The minimum Gasteiger partial charge on any atom is -0.383 e. The predicted octanol–water partition coefficient (Wildman–Crippen LogP) is 0.789. The molecule has 7 heteroatoms. The lowest BCUT2D eigenvalue weighted by Crippen LogP contribution is -2.36. The Kier molecular flexibility index (Phi) is 6.61. The molecule has 0 spiro atoms. The van der Waals surface area contributed by atoms with Crippen LogP contribution in [0.2, 0.25) is 0 Å². The van der Waals surface area contributed by atoms with Gasteiger partial charge in [-0.1, -0.05) is 18.2 Å². The molecule has 0 saturated heterocycles. The van der Waals surface area contributed by atoms with Crippen LogP contribution in [0.4, 0.5) is 5.69 Å². The molecule has 0 radical (unpaired) electrons. The van der Waals surface area contributed by atoms with Gasteiger partial charge in [-0.05, 0) is 0 Å². The number of nitro benzene ring substituents is 1. The molecule has 7 nitrogen and oxygen atoms in total. The molecule has 0 atom stereocenters. The van der Waals surface area contributed by atoms with Gasteiger partial charge in [-0.25, -0.2) is 0 Å². The molecule has 0 unspecified atom stereocenters. The van der Waals surface area contributed by atoms with E-state index < -0.39 is 4.92 Å². The number of methoxy groups -OCH3 is 1. The molecule has 1 rings (SSSR count). The number of nitrogens with one attached hydrogen (secondary N) is 1. The SMILES string of the molecule is COCCNCC(=O)N(C)Cc1ccccc1[N+](=O)[O-]. The molecular formula is C13H19N3O4. The van der Waals surface area contributed by atoms with E-state index in [1.165, 1.54) is 11.0 Å². The minimum atomic E-state index is -0.440. The number of carbonyl (C=O) groups excluding carboxylic acids is 1. The van der Waals surface area contributed by atoms with Crippen molar-refractivity contribution in [3.63, 3.8) is 0 Å². The van der Waals surface area contributed by atoms with E-state index in [1.807, 2.05) is 0 Å². The highest BCUT2D eigenvalue weighted by molar-refractivity contribution is 5.78. The van der Waals surface area contributed by atoms with Gasteiger partial charge < -0.3 is 15.0 Å². The van der Waals surface area contributed by atoms with Gasteiger partial charge in [0.05, 0.1) is 24.6 Å². The number of benzene rings is 1. The number of hydrogen-bond acceptors (Lipinski definition) is 5. The Bertz CT molecular complexity index is 465. The Hall–Kier alpha value is -1.99. The zero-order chi connectivity index (χ0) is 15.0. The van der Waals surface area contributed by atoms with E-state index >= 15 is 0 Å². The lowest BCUT2D eigenvalue weighted by atomic mass is 10.1. The molecule has 0 aliphatic rings. The van der Waals surface area contributed by atoms with Crippen molar-refractivity contribution >= 4 is 11.6 Å². The molecule has 0 fully saturated rings. The molecule has 0 aliphatic carbocycles. The Balaban J connectivity index is 2.55. The lowest BCUT2D eigenvalue weighted by Gasteiger charge is -2.17. The lowest BCUT2D eigenvalue weighted by molar-refractivity contribution is -0.385. The number of para-hydroxylation sites is 1. The largest absolute Gasteiger partial charge is 0.383 e. The second-order valence-corrected chi connectivity index (χ2v) is 4.31. The monoisotopic (exact) mass is 281 g/mol. The zero-order valence-corrected chi connectivity index (χ0v) is 11.7. The van der Waals surface area contributed by atoms with Crippen LogP contribution in [0, 0.1) is 10.1 Å². The zero-order valence-electron chi connectivity index (χ0n) is 11.7. The summed E-state index contributed by atoms with van der Waals surface area (Å²) < 4.78 is 4.86. The van der Waals surface area contributed by atoms with Crippen LogP contribution in [0.3, 0.4) is 0 Å². The number of ether oxygens (including phenoxy) is 1. The molecule has 1 N–H and O–H groups in total. The molecule has 0 saturated carbocycles. The van der Waals surface area contributed by atoms with Crippen LogP contribution < -0.4 is 5.32 Å². The number of nitrogens with zero attached hydrogens (tertiary/aromatic N) is 2. The van der Waals surface area contributed by atoms with Gasteiger partial charge in [0.25, 0.3) is 5.69 Å². The van der Waals surface area contributed by atoms with E-state index in [9.17, 15) is 14.9 Å². The second-order valence-electron chi connectivity index (χ2n) is 4.31. The number of carbonyl (C=O) groups is 1. The Morgan fingerprint density at radius 3 is 2.80 bits per heavy atom. The summed E-state index contributed by atoms with van der Waals surface area (Å²) in [4.78, 5) is 23.8. The number of nitro groups is 1. The van der Waals surface area contributed by atoms with Crippen LogP contribution in [-0.4, -0.2) is 49.6 Å². The Labute approximate surface area is 117 Å². The van der Waals surface area contributed by atoms with Crippen molar-refractivity contribution in [1.29, 1.82) is 0 Å². The van der Waals surface area contributed by atoms with Gasteiger partial charge in [0.15, 0.2) is 0 Å². The van der Waals surface area contributed by atoms with E-state index in [0.29, 0.717) is 18.7 Å². The van der Waals surface area contributed by atoms with E-state index in [2.05, 4.69) is 5.32 Å². The van der Waals surface area contributed by atoms with Gasteiger partial charge in [0, 0.05) is 32.3 Å². The fourth-order valence-corrected chi connectivity index (χ4v) is 1.67. The van der Waals surface area contributed by atoms with Crippen molar-refractivity contribution in [1.82, 2.24) is 10.2 Å². The van der Waals surface area contributed by atoms with Gasteiger partial charge in [-0.2, -0.15) is 0 Å². The van der Waals surface area contributed by atoms with Crippen molar-refractivity contribution in [2.75, 3.05) is 33.9 Å². The Morgan fingerprint density at radius 1 is 1.45 bits per heavy atom. The smallest absolute Gasteiger partial charge is 0.274 e. The molecule has 1 amide bonds. The third-order valence-corrected chi connectivity index (χ3v) is 2.78. The van der Waals surface area contributed by atoms with Gasteiger partial charge in [0.1, 0.15) is 0 Å². The molecule has 1 aromatic rings. The highest BCUT2D eigenvalue weighted by atomic mass is 16.6. The van der Waals surface area contributed by atoms with Crippen LogP contribution in [0.1, 0.15) is 5.56 Å². The number of hydrogen-bond donors (Lipinski definition) is 1. The summed E-state index contributed by atoms with van der Waals surface area (Å²) in [6.45, 7) is 1.51. The standard InChI is InChI=1S/C13H19N3O4/c1-15(13(17)9-14-7-8-20-2)10-11-5-3-4-6-12(11)16(18)19/h3-6,14H,7-10H2,1-2H3. The first-order chi connectivity index (χ1) is 9.56. The van der Waals surface area contributed by atoms with Gasteiger partial charge in [-0.3, -0.25) is 14.9 Å². The minimum absolute atomic E-state index is 0.0273. The van der Waals surface area contributed by atoms with Crippen LogP contribution in [0.15, 0.2) is 24.3 Å². The van der Waals surface area contributed by atoms with Crippen LogP contribution >= 0.6 is 0 Å². The number of amides is 1. The first-order valence-corrected chi connectivity index (χ1v) is 6.22. The number of likely N-dealkylation sites (N-methyl/N-ethyl adjacent to an activating group) is 1. The van der Waals surface area contributed by atoms with E-state index in [1.54, 1.807) is 32.4 Å². The van der Waals surface area contributed by atoms with Crippen LogP contribution in [-0.2, 0) is 16.1 Å². The van der Waals surface area contributed by atoms with Crippen LogP contribution in [0.25, 0.3) is 0 Å². The summed E-state index contributed by atoms with van der Waals surface area (Å²) in [6, 6.07) is 6.41. The molecule has 110 valence electrons. The van der Waals surface area contributed by atoms with Gasteiger partial charge in [-0.15, -0.1) is 0 Å². The molecule has 0 heterocycles. The molecule has 0 bridgehead atoms.